The van der Waals surface area contributed by atoms with Crippen LogP contribution in [0.5, 0.6) is 0 Å². The van der Waals surface area contributed by atoms with E-state index in [-0.39, 0.29) is 37.7 Å². The lowest BCUT2D eigenvalue weighted by Crippen LogP contribution is -2.47. The van der Waals surface area contributed by atoms with E-state index in [2.05, 4.69) is 5.32 Å². The largest absolute Gasteiger partial charge is 0.357 e. The van der Waals surface area contributed by atoms with Gasteiger partial charge in [0, 0.05) is 32.1 Å². The summed E-state index contributed by atoms with van der Waals surface area (Å²) in [6.45, 7) is 1.62. The number of likely N-dealkylation sites (N-methyl/N-ethyl adjacent to an activating group) is 1. The molecule has 7 nitrogen and oxygen atoms in total. The van der Waals surface area contributed by atoms with Crippen LogP contribution < -0.4 is 9.62 Å². The molecule has 0 spiro atoms. The number of carbonyl (C=O) groups is 2. The first-order valence-electron chi connectivity index (χ1n) is 9.92. The Morgan fingerprint density at radius 1 is 1.06 bits per heavy atom. The monoisotopic (exact) mass is 449 g/mol. The summed E-state index contributed by atoms with van der Waals surface area (Å²) in [6, 6.07) is 13.9. The van der Waals surface area contributed by atoms with Gasteiger partial charge in [0.1, 0.15) is 11.9 Å². The van der Waals surface area contributed by atoms with Crippen LogP contribution in [-0.4, -0.2) is 51.0 Å². The minimum Gasteiger partial charge on any atom is -0.357 e. The van der Waals surface area contributed by atoms with Crippen LogP contribution in [0.3, 0.4) is 0 Å². The lowest BCUT2D eigenvalue weighted by molar-refractivity contribution is -0.140. The van der Waals surface area contributed by atoms with Crippen LogP contribution >= 0.6 is 0 Å². The Kier molecular flexibility index (Phi) is 8.56. The maximum absolute atomic E-state index is 14.1. The number of amides is 2. The van der Waals surface area contributed by atoms with Gasteiger partial charge in [-0.1, -0.05) is 36.4 Å². The van der Waals surface area contributed by atoms with Gasteiger partial charge in [0.15, 0.2) is 0 Å². The summed E-state index contributed by atoms with van der Waals surface area (Å²) in [5.41, 5.74) is 0.813. The second-order valence-electron chi connectivity index (χ2n) is 7.18. The van der Waals surface area contributed by atoms with Crippen molar-refractivity contribution in [1.82, 2.24) is 10.2 Å². The maximum atomic E-state index is 14.1. The molecule has 0 aliphatic carbocycles. The van der Waals surface area contributed by atoms with Gasteiger partial charge in [0.2, 0.25) is 21.8 Å². The molecule has 0 aliphatic heterocycles. The Labute approximate surface area is 182 Å². The number of carbonyl (C=O) groups excluding carboxylic acids is 2. The number of para-hydroxylation sites is 1. The molecule has 0 saturated heterocycles. The highest BCUT2D eigenvalue weighted by Crippen LogP contribution is 2.19. The molecule has 2 amide bonds. The molecule has 0 aliphatic rings. The number of hydrogen-bond acceptors (Lipinski definition) is 4. The third-order valence-electron chi connectivity index (χ3n) is 4.91. The minimum atomic E-state index is -3.53. The molecule has 0 fully saturated rings. The molecule has 1 atom stereocenters. The average Bonchev–Trinajstić information content (AvgIpc) is 2.74. The molecular weight excluding hydrogens is 421 g/mol. The number of anilines is 1. The number of halogens is 1. The summed E-state index contributed by atoms with van der Waals surface area (Å²) in [5.74, 6) is -1.19. The van der Waals surface area contributed by atoms with Gasteiger partial charge < -0.3 is 10.2 Å². The molecule has 2 aromatic carbocycles. The van der Waals surface area contributed by atoms with Crippen molar-refractivity contribution in [1.29, 1.82) is 0 Å². The van der Waals surface area contributed by atoms with Crippen molar-refractivity contribution in [2.75, 3.05) is 24.2 Å². The Bertz CT molecular complexity index is 999. The van der Waals surface area contributed by atoms with Gasteiger partial charge in [-0.3, -0.25) is 13.9 Å². The van der Waals surface area contributed by atoms with Gasteiger partial charge in [0.05, 0.1) is 11.9 Å². The summed E-state index contributed by atoms with van der Waals surface area (Å²) < 4.78 is 39.7. The van der Waals surface area contributed by atoms with E-state index in [9.17, 15) is 22.4 Å². The third-order valence-corrected chi connectivity index (χ3v) is 6.10. The zero-order valence-corrected chi connectivity index (χ0v) is 18.7. The summed E-state index contributed by atoms with van der Waals surface area (Å²) in [4.78, 5) is 26.4. The van der Waals surface area contributed by atoms with Crippen LogP contribution in [0.15, 0.2) is 54.6 Å². The fraction of sp³-hybridized carbons (Fsp3) is 0.364. The topological polar surface area (TPSA) is 86.8 Å². The number of benzene rings is 2. The first-order valence-corrected chi connectivity index (χ1v) is 11.8. The fourth-order valence-electron chi connectivity index (χ4n) is 3.20. The highest BCUT2D eigenvalue weighted by molar-refractivity contribution is 7.92. The number of nitrogens with one attached hydrogen (secondary N) is 1. The summed E-state index contributed by atoms with van der Waals surface area (Å²) >= 11 is 0. The van der Waals surface area contributed by atoms with E-state index in [1.54, 1.807) is 55.5 Å². The van der Waals surface area contributed by atoms with Gasteiger partial charge in [-0.2, -0.15) is 0 Å². The Hall–Kier alpha value is -2.94. The molecule has 2 aromatic rings. The van der Waals surface area contributed by atoms with E-state index < -0.39 is 21.9 Å². The lowest BCUT2D eigenvalue weighted by atomic mass is 10.1. The van der Waals surface area contributed by atoms with Gasteiger partial charge in [-0.25, -0.2) is 12.8 Å². The van der Waals surface area contributed by atoms with Crippen molar-refractivity contribution >= 4 is 27.5 Å². The van der Waals surface area contributed by atoms with E-state index in [4.69, 9.17) is 0 Å². The van der Waals surface area contributed by atoms with Gasteiger partial charge in [-0.15, -0.1) is 0 Å². The maximum Gasteiger partial charge on any atom is 0.242 e. The highest BCUT2D eigenvalue weighted by atomic mass is 32.2. The van der Waals surface area contributed by atoms with Crippen molar-refractivity contribution in [2.45, 2.75) is 32.4 Å². The van der Waals surface area contributed by atoms with E-state index >= 15 is 0 Å². The summed E-state index contributed by atoms with van der Waals surface area (Å²) in [7, 11) is -2.06. The number of sulfonamides is 1. The number of hydrogen-bond donors (Lipinski definition) is 1. The quantitative estimate of drug-likeness (QED) is 0.604. The van der Waals surface area contributed by atoms with E-state index in [0.717, 1.165) is 6.26 Å². The molecule has 2 rings (SSSR count). The van der Waals surface area contributed by atoms with Crippen LogP contribution in [0.25, 0.3) is 0 Å². The molecule has 0 saturated carbocycles. The van der Waals surface area contributed by atoms with Gasteiger partial charge in [0.25, 0.3) is 0 Å². The molecule has 0 unspecified atom stereocenters. The molecule has 0 radical (unpaired) electrons. The third kappa shape index (κ3) is 6.78. The zero-order valence-electron chi connectivity index (χ0n) is 17.9. The smallest absolute Gasteiger partial charge is 0.242 e. The minimum absolute atomic E-state index is 0.00857. The predicted molar refractivity (Wildman–Crippen MR) is 118 cm³/mol. The molecule has 9 heteroatoms. The lowest BCUT2D eigenvalue weighted by Gasteiger charge is -2.29. The molecule has 0 aromatic heterocycles. The molecule has 31 heavy (non-hydrogen) atoms. The summed E-state index contributed by atoms with van der Waals surface area (Å²) in [6.07, 6.45) is 1.36. The normalized spacial score (nSPS) is 12.1. The number of rotatable bonds is 10. The van der Waals surface area contributed by atoms with Crippen molar-refractivity contribution in [3.63, 3.8) is 0 Å². The molecule has 0 heterocycles. The second kappa shape index (κ2) is 10.9. The standard InChI is InChI=1S/C22H28FN3O4S/c1-17(22(28)24-2)25(16-18-10-7-8-13-20(18)23)21(27)14-9-15-26(31(3,29)30)19-11-5-4-6-12-19/h4-8,10-13,17H,9,14-16H2,1-3H3,(H,24,28)/t17-/m1/s1. The average molecular weight is 450 g/mol. The highest BCUT2D eigenvalue weighted by Gasteiger charge is 2.26. The SMILES string of the molecule is CNC(=O)[C@@H](C)N(Cc1ccccc1F)C(=O)CCCN(c1ccccc1)S(C)(=O)=O. The second-order valence-corrected chi connectivity index (χ2v) is 9.08. The Morgan fingerprint density at radius 3 is 2.26 bits per heavy atom. The van der Waals surface area contributed by atoms with Gasteiger partial charge in [-0.05, 0) is 31.5 Å². The van der Waals surface area contributed by atoms with Crippen LogP contribution in [0.1, 0.15) is 25.3 Å². The van der Waals surface area contributed by atoms with E-state index in [1.165, 1.54) is 22.3 Å². The Morgan fingerprint density at radius 2 is 1.68 bits per heavy atom. The van der Waals surface area contributed by atoms with Crippen molar-refractivity contribution < 1.29 is 22.4 Å². The molecule has 168 valence electrons. The predicted octanol–water partition coefficient (Wildman–Crippen LogP) is 2.54. The van der Waals surface area contributed by atoms with Crippen LogP contribution in [0.4, 0.5) is 10.1 Å². The van der Waals surface area contributed by atoms with Gasteiger partial charge >= 0.3 is 0 Å². The van der Waals surface area contributed by atoms with E-state index in [0.29, 0.717) is 11.3 Å². The first kappa shape index (κ1) is 24.3. The molecule has 1 N–H and O–H groups in total. The van der Waals surface area contributed by atoms with Crippen LogP contribution in [-0.2, 0) is 26.2 Å². The van der Waals surface area contributed by atoms with Crippen LogP contribution in [0, 0.1) is 5.82 Å². The number of nitrogens with zero attached hydrogens (tertiary/aromatic N) is 2. The van der Waals surface area contributed by atoms with Crippen LogP contribution in [0.2, 0.25) is 0 Å². The molecular formula is C22H28FN3O4S. The Balaban J connectivity index is 2.13. The molecule has 0 bridgehead atoms. The fourth-order valence-corrected chi connectivity index (χ4v) is 4.17. The van der Waals surface area contributed by atoms with Crippen molar-refractivity contribution in [3.8, 4) is 0 Å². The van der Waals surface area contributed by atoms with Crippen molar-refractivity contribution in [3.05, 3.63) is 66.0 Å². The first-order chi connectivity index (χ1) is 14.6. The van der Waals surface area contributed by atoms with E-state index in [1.807, 2.05) is 0 Å². The van der Waals surface area contributed by atoms with Crippen molar-refractivity contribution in [2.24, 2.45) is 0 Å². The summed E-state index contributed by atoms with van der Waals surface area (Å²) in [5, 5.41) is 2.50. The zero-order chi connectivity index (χ0) is 23.0.